The lowest BCUT2D eigenvalue weighted by atomic mass is 9.95. The molecule has 1 N–H and O–H groups in total. The molecule has 0 radical (unpaired) electrons. The molecule has 0 aromatic carbocycles. The third-order valence-electron chi connectivity index (χ3n) is 3.58. The summed E-state index contributed by atoms with van der Waals surface area (Å²) in [7, 11) is 0. The zero-order valence-corrected chi connectivity index (χ0v) is 10.5. The SMILES string of the molecule is O=C(O)CC1CCCN(C(=O)N2CC=CCC2)C1. The van der Waals surface area contributed by atoms with Crippen molar-refractivity contribution in [2.45, 2.75) is 25.7 Å². The van der Waals surface area contributed by atoms with Gasteiger partial charge in [0.15, 0.2) is 0 Å². The number of carboxylic acid groups (broad SMARTS) is 1. The van der Waals surface area contributed by atoms with Gasteiger partial charge >= 0.3 is 12.0 Å². The fourth-order valence-corrected chi connectivity index (χ4v) is 2.67. The average molecular weight is 252 g/mol. The summed E-state index contributed by atoms with van der Waals surface area (Å²) in [5, 5.41) is 8.82. The van der Waals surface area contributed by atoms with Gasteiger partial charge in [-0.05, 0) is 25.2 Å². The number of likely N-dealkylation sites (tertiary alicyclic amines) is 1. The van der Waals surface area contributed by atoms with Gasteiger partial charge < -0.3 is 14.9 Å². The predicted octanol–water partition coefficient (Wildman–Crippen LogP) is 1.56. The lowest BCUT2D eigenvalue weighted by Crippen LogP contribution is -2.48. The Kier molecular flexibility index (Phi) is 4.23. The average Bonchev–Trinajstić information content (AvgIpc) is 2.38. The smallest absolute Gasteiger partial charge is 0.320 e. The van der Waals surface area contributed by atoms with Crippen molar-refractivity contribution in [3.8, 4) is 0 Å². The number of carboxylic acids is 1. The fraction of sp³-hybridized carbons (Fsp3) is 0.692. The highest BCUT2D eigenvalue weighted by atomic mass is 16.4. The Morgan fingerprint density at radius 3 is 2.72 bits per heavy atom. The largest absolute Gasteiger partial charge is 0.481 e. The van der Waals surface area contributed by atoms with Crippen LogP contribution in [0.1, 0.15) is 25.7 Å². The van der Waals surface area contributed by atoms with Crippen LogP contribution in [-0.2, 0) is 4.79 Å². The summed E-state index contributed by atoms with van der Waals surface area (Å²) in [5.41, 5.74) is 0. The third-order valence-corrected chi connectivity index (χ3v) is 3.58. The highest BCUT2D eigenvalue weighted by molar-refractivity contribution is 5.75. The molecule has 2 rings (SSSR count). The molecule has 0 bridgehead atoms. The van der Waals surface area contributed by atoms with Crippen molar-refractivity contribution in [3.63, 3.8) is 0 Å². The van der Waals surface area contributed by atoms with Crippen molar-refractivity contribution in [2.24, 2.45) is 5.92 Å². The van der Waals surface area contributed by atoms with Crippen LogP contribution in [-0.4, -0.2) is 53.1 Å². The van der Waals surface area contributed by atoms with Gasteiger partial charge in [0.1, 0.15) is 0 Å². The maximum Gasteiger partial charge on any atom is 0.320 e. The van der Waals surface area contributed by atoms with E-state index in [1.807, 2.05) is 15.9 Å². The first-order valence-electron chi connectivity index (χ1n) is 6.57. The molecule has 5 heteroatoms. The molecular weight excluding hydrogens is 232 g/mol. The van der Waals surface area contributed by atoms with E-state index in [1.54, 1.807) is 0 Å². The Balaban J connectivity index is 1.89. The van der Waals surface area contributed by atoms with Crippen molar-refractivity contribution in [2.75, 3.05) is 26.2 Å². The first kappa shape index (κ1) is 12.9. The number of hydrogen-bond acceptors (Lipinski definition) is 2. The van der Waals surface area contributed by atoms with Gasteiger partial charge in [0.25, 0.3) is 0 Å². The molecule has 0 aromatic heterocycles. The van der Waals surface area contributed by atoms with E-state index in [4.69, 9.17) is 5.11 Å². The molecule has 1 saturated heterocycles. The molecule has 1 atom stereocenters. The van der Waals surface area contributed by atoms with Crippen LogP contribution in [0.5, 0.6) is 0 Å². The number of carbonyl (C=O) groups is 2. The van der Waals surface area contributed by atoms with Crippen LogP contribution < -0.4 is 0 Å². The minimum absolute atomic E-state index is 0.0643. The van der Waals surface area contributed by atoms with Crippen molar-refractivity contribution < 1.29 is 14.7 Å². The number of aliphatic carboxylic acids is 1. The Morgan fingerprint density at radius 2 is 2.06 bits per heavy atom. The number of amides is 2. The minimum Gasteiger partial charge on any atom is -0.481 e. The standard InChI is InChI=1S/C13H20N2O3/c16-12(17)9-11-5-4-8-15(10-11)13(18)14-6-2-1-3-7-14/h1-2,11H,3-10H2,(H,16,17). The highest BCUT2D eigenvalue weighted by Gasteiger charge is 2.28. The molecule has 5 nitrogen and oxygen atoms in total. The lowest BCUT2D eigenvalue weighted by molar-refractivity contribution is -0.138. The lowest BCUT2D eigenvalue weighted by Gasteiger charge is -2.36. The summed E-state index contributed by atoms with van der Waals surface area (Å²) in [6.07, 6.45) is 7.01. The molecule has 18 heavy (non-hydrogen) atoms. The van der Waals surface area contributed by atoms with Crippen molar-refractivity contribution in [1.29, 1.82) is 0 Å². The van der Waals surface area contributed by atoms with Crippen molar-refractivity contribution in [3.05, 3.63) is 12.2 Å². The monoisotopic (exact) mass is 252 g/mol. The molecule has 1 unspecified atom stereocenters. The van der Waals surface area contributed by atoms with Gasteiger partial charge in [-0.25, -0.2) is 4.79 Å². The molecule has 2 aliphatic rings. The summed E-state index contributed by atoms with van der Waals surface area (Å²) >= 11 is 0. The Labute approximate surface area is 107 Å². The van der Waals surface area contributed by atoms with Gasteiger partial charge in [0.2, 0.25) is 0 Å². The van der Waals surface area contributed by atoms with Crippen LogP contribution in [0.3, 0.4) is 0 Å². The second kappa shape index (κ2) is 5.89. The summed E-state index contributed by atoms with van der Waals surface area (Å²) in [5.74, 6) is -0.657. The molecule has 100 valence electrons. The summed E-state index contributed by atoms with van der Waals surface area (Å²) in [6.45, 7) is 2.80. The van der Waals surface area contributed by atoms with Crippen LogP contribution >= 0.6 is 0 Å². The normalized spacial score (nSPS) is 24.1. The van der Waals surface area contributed by atoms with E-state index in [2.05, 4.69) is 6.08 Å². The summed E-state index contributed by atoms with van der Waals surface area (Å²) in [6, 6.07) is 0.0643. The predicted molar refractivity (Wildman–Crippen MR) is 67.3 cm³/mol. The molecule has 0 aromatic rings. The van der Waals surface area contributed by atoms with E-state index in [-0.39, 0.29) is 18.4 Å². The van der Waals surface area contributed by atoms with E-state index < -0.39 is 5.97 Å². The maximum atomic E-state index is 12.3. The quantitative estimate of drug-likeness (QED) is 0.759. The Bertz CT molecular complexity index is 354. The number of piperidine rings is 1. The van der Waals surface area contributed by atoms with E-state index in [0.717, 1.165) is 32.4 Å². The van der Waals surface area contributed by atoms with Gasteiger partial charge in [-0.1, -0.05) is 12.2 Å². The second-order valence-corrected chi connectivity index (χ2v) is 5.04. The zero-order chi connectivity index (χ0) is 13.0. The van der Waals surface area contributed by atoms with Gasteiger partial charge in [-0.3, -0.25) is 4.79 Å². The topological polar surface area (TPSA) is 60.9 Å². The number of urea groups is 1. The number of nitrogens with zero attached hydrogens (tertiary/aromatic N) is 2. The van der Waals surface area contributed by atoms with Crippen molar-refractivity contribution >= 4 is 12.0 Å². The van der Waals surface area contributed by atoms with Crippen LogP contribution in [0.25, 0.3) is 0 Å². The summed E-state index contributed by atoms with van der Waals surface area (Å²) < 4.78 is 0. The first-order valence-corrected chi connectivity index (χ1v) is 6.57. The van der Waals surface area contributed by atoms with Gasteiger partial charge in [-0.2, -0.15) is 0 Å². The van der Waals surface area contributed by atoms with Gasteiger partial charge in [0, 0.05) is 32.6 Å². The molecule has 2 heterocycles. The highest BCUT2D eigenvalue weighted by Crippen LogP contribution is 2.21. The molecule has 2 aliphatic heterocycles. The van der Waals surface area contributed by atoms with E-state index in [1.165, 1.54) is 0 Å². The molecule has 2 amide bonds. The molecule has 0 saturated carbocycles. The van der Waals surface area contributed by atoms with Gasteiger partial charge in [-0.15, -0.1) is 0 Å². The second-order valence-electron chi connectivity index (χ2n) is 5.04. The van der Waals surface area contributed by atoms with Gasteiger partial charge in [0.05, 0.1) is 0 Å². The Hall–Kier alpha value is -1.52. The minimum atomic E-state index is -0.768. The van der Waals surface area contributed by atoms with Crippen LogP contribution in [0.2, 0.25) is 0 Å². The molecule has 0 spiro atoms. The number of carbonyl (C=O) groups excluding carboxylic acids is 1. The van der Waals surface area contributed by atoms with Crippen LogP contribution in [0.15, 0.2) is 12.2 Å². The molecule has 1 fully saturated rings. The van der Waals surface area contributed by atoms with Crippen LogP contribution in [0.4, 0.5) is 4.79 Å². The first-order chi connectivity index (χ1) is 8.66. The Morgan fingerprint density at radius 1 is 1.22 bits per heavy atom. The van der Waals surface area contributed by atoms with E-state index >= 15 is 0 Å². The van der Waals surface area contributed by atoms with Crippen LogP contribution in [0, 0.1) is 5.92 Å². The van der Waals surface area contributed by atoms with Crippen molar-refractivity contribution in [1.82, 2.24) is 9.80 Å². The third kappa shape index (κ3) is 3.24. The number of rotatable bonds is 2. The van der Waals surface area contributed by atoms with E-state index in [9.17, 15) is 9.59 Å². The molecule has 0 aliphatic carbocycles. The zero-order valence-electron chi connectivity index (χ0n) is 10.5. The van der Waals surface area contributed by atoms with E-state index in [0.29, 0.717) is 13.1 Å². The maximum absolute atomic E-state index is 12.3. The fourth-order valence-electron chi connectivity index (χ4n) is 2.67. The molecular formula is C13H20N2O3. The number of hydrogen-bond donors (Lipinski definition) is 1. The summed E-state index contributed by atoms with van der Waals surface area (Å²) in [4.78, 5) is 26.6.